The van der Waals surface area contributed by atoms with Crippen molar-refractivity contribution in [2.45, 2.75) is 25.5 Å². The lowest BCUT2D eigenvalue weighted by molar-refractivity contribution is 0.0575. The summed E-state index contributed by atoms with van der Waals surface area (Å²) in [5.74, 6) is 0.606. The first-order valence-corrected chi connectivity index (χ1v) is 9.60. The molecule has 1 saturated heterocycles. The molecule has 2 N–H and O–H groups in total. The number of aliphatic hydroxyl groups is 1. The zero-order valence-electron chi connectivity index (χ0n) is 16.3. The van der Waals surface area contributed by atoms with Crippen LogP contribution >= 0.6 is 0 Å². The molecule has 2 aromatic heterocycles. The molecule has 8 nitrogen and oxygen atoms in total. The number of imidazole rings is 1. The summed E-state index contributed by atoms with van der Waals surface area (Å²) < 4.78 is 1.95. The van der Waals surface area contributed by atoms with E-state index in [1.807, 2.05) is 46.9 Å². The van der Waals surface area contributed by atoms with Gasteiger partial charge < -0.3 is 19.9 Å². The summed E-state index contributed by atoms with van der Waals surface area (Å²) in [4.78, 5) is 27.1. The van der Waals surface area contributed by atoms with Crippen LogP contribution in [0.5, 0.6) is 0 Å². The van der Waals surface area contributed by atoms with Crippen molar-refractivity contribution in [1.82, 2.24) is 24.8 Å². The Morgan fingerprint density at radius 2 is 2.21 bits per heavy atom. The predicted molar refractivity (Wildman–Crippen MR) is 109 cm³/mol. The SMILES string of the molecule is Cc1cc(N2CC[C@](O)(CNC(=O)c3cccc(Cn4ccnc4)c3)C2)ncn1. The number of rotatable bonds is 6. The van der Waals surface area contributed by atoms with Crippen LogP contribution in [0.3, 0.4) is 0 Å². The van der Waals surface area contributed by atoms with Crippen LogP contribution in [0.15, 0.2) is 55.4 Å². The van der Waals surface area contributed by atoms with Crippen molar-refractivity contribution in [3.05, 3.63) is 72.2 Å². The van der Waals surface area contributed by atoms with Crippen molar-refractivity contribution in [2.75, 3.05) is 24.5 Å². The number of hydrogen-bond acceptors (Lipinski definition) is 6. The summed E-state index contributed by atoms with van der Waals surface area (Å²) in [5.41, 5.74) is 1.49. The standard InChI is InChI=1S/C21H24N6O2/c1-16-9-19(25-14-24-16)27-7-5-21(29,13-27)12-23-20(28)18-4-2-3-17(10-18)11-26-8-6-22-15-26/h2-4,6,8-10,14-15,29H,5,7,11-13H2,1H3,(H,23,28)/t21-/m0/s1. The fourth-order valence-electron chi connectivity index (χ4n) is 3.56. The second kappa shape index (κ2) is 8.00. The fourth-order valence-corrected chi connectivity index (χ4v) is 3.56. The molecule has 0 spiro atoms. The van der Waals surface area contributed by atoms with Gasteiger partial charge in [-0.3, -0.25) is 4.79 Å². The number of hydrogen-bond donors (Lipinski definition) is 2. The monoisotopic (exact) mass is 392 g/mol. The number of aromatic nitrogens is 4. The Morgan fingerprint density at radius 3 is 3.00 bits per heavy atom. The topological polar surface area (TPSA) is 96.2 Å². The van der Waals surface area contributed by atoms with E-state index in [4.69, 9.17) is 0 Å². The molecule has 3 aromatic rings. The van der Waals surface area contributed by atoms with Crippen molar-refractivity contribution in [3.63, 3.8) is 0 Å². The zero-order chi connectivity index (χ0) is 20.3. The highest BCUT2D eigenvalue weighted by Crippen LogP contribution is 2.25. The van der Waals surface area contributed by atoms with Crippen LogP contribution in [0.4, 0.5) is 5.82 Å². The maximum atomic E-state index is 12.6. The highest BCUT2D eigenvalue weighted by Gasteiger charge is 2.37. The van der Waals surface area contributed by atoms with Crippen LogP contribution in [0.1, 0.15) is 28.0 Å². The third-order valence-corrected chi connectivity index (χ3v) is 5.14. The molecule has 1 aromatic carbocycles. The lowest BCUT2D eigenvalue weighted by atomic mass is 10.0. The average molecular weight is 392 g/mol. The number of benzene rings is 1. The van der Waals surface area contributed by atoms with Crippen molar-refractivity contribution in [3.8, 4) is 0 Å². The van der Waals surface area contributed by atoms with E-state index in [0.29, 0.717) is 31.6 Å². The van der Waals surface area contributed by atoms with Gasteiger partial charge in [-0.2, -0.15) is 0 Å². The molecule has 0 radical (unpaired) electrons. The maximum absolute atomic E-state index is 12.6. The molecule has 0 unspecified atom stereocenters. The van der Waals surface area contributed by atoms with E-state index in [1.54, 1.807) is 18.6 Å². The van der Waals surface area contributed by atoms with E-state index in [-0.39, 0.29) is 12.5 Å². The van der Waals surface area contributed by atoms with Gasteiger partial charge >= 0.3 is 0 Å². The smallest absolute Gasteiger partial charge is 0.251 e. The lowest BCUT2D eigenvalue weighted by Crippen LogP contribution is -2.45. The molecular formula is C21H24N6O2. The van der Waals surface area contributed by atoms with Crippen LogP contribution in [0.25, 0.3) is 0 Å². The van der Waals surface area contributed by atoms with E-state index < -0.39 is 5.60 Å². The molecule has 0 bridgehead atoms. The van der Waals surface area contributed by atoms with Gasteiger partial charge in [-0.05, 0) is 31.0 Å². The van der Waals surface area contributed by atoms with Gasteiger partial charge in [-0.15, -0.1) is 0 Å². The van der Waals surface area contributed by atoms with Crippen LogP contribution in [-0.4, -0.2) is 55.8 Å². The second-order valence-electron chi connectivity index (χ2n) is 7.53. The molecule has 150 valence electrons. The van der Waals surface area contributed by atoms with Crippen molar-refractivity contribution in [1.29, 1.82) is 0 Å². The summed E-state index contributed by atoms with van der Waals surface area (Å²) in [6, 6.07) is 9.38. The van der Waals surface area contributed by atoms with Crippen LogP contribution in [0, 0.1) is 6.92 Å². The Morgan fingerprint density at radius 1 is 1.31 bits per heavy atom. The summed E-state index contributed by atoms with van der Waals surface area (Å²) >= 11 is 0. The Hall–Kier alpha value is -3.26. The number of aryl methyl sites for hydroxylation is 1. The zero-order valence-corrected chi connectivity index (χ0v) is 16.3. The third-order valence-electron chi connectivity index (χ3n) is 5.14. The summed E-state index contributed by atoms with van der Waals surface area (Å²) in [6.45, 7) is 3.86. The Balaban J connectivity index is 1.36. The van der Waals surface area contributed by atoms with Crippen molar-refractivity contribution >= 4 is 11.7 Å². The fraction of sp³-hybridized carbons (Fsp3) is 0.333. The van der Waals surface area contributed by atoms with Gasteiger partial charge in [0, 0.05) is 55.9 Å². The first kappa shape index (κ1) is 19.1. The molecule has 1 atom stereocenters. The van der Waals surface area contributed by atoms with E-state index in [9.17, 15) is 9.90 Å². The highest BCUT2D eigenvalue weighted by molar-refractivity contribution is 5.94. The van der Waals surface area contributed by atoms with Gasteiger partial charge in [0.25, 0.3) is 5.91 Å². The first-order valence-electron chi connectivity index (χ1n) is 9.60. The van der Waals surface area contributed by atoms with Crippen molar-refractivity contribution in [2.24, 2.45) is 0 Å². The molecule has 8 heteroatoms. The quantitative estimate of drug-likeness (QED) is 0.658. The Kier molecular flexibility index (Phi) is 5.26. The molecule has 0 aliphatic carbocycles. The van der Waals surface area contributed by atoms with Crippen molar-refractivity contribution < 1.29 is 9.90 Å². The minimum atomic E-state index is -0.983. The summed E-state index contributed by atoms with van der Waals surface area (Å²) in [5, 5.41) is 13.8. The van der Waals surface area contributed by atoms with Gasteiger partial charge in [0.2, 0.25) is 0 Å². The Bertz CT molecular complexity index is 990. The number of nitrogens with zero attached hydrogens (tertiary/aromatic N) is 5. The number of carbonyl (C=O) groups is 1. The van der Waals surface area contributed by atoms with Gasteiger partial charge in [-0.25, -0.2) is 15.0 Å². The number of carbonyl (C=O) groups excluding carboxylic acids is 1. The molecule has 1 amide bonds. The molecule has 3 heterocycles. The first-order chi connectivity index (χ1) is 14.0. The normalized spacial score (nSPS) is 18.8. The summed E-state index contributed by atoms with van der Waals surface area (Å²) in [7, 11) is 0. The minimum Gasteiger partial charge on any atom is -0.386 e. The molecule has 1 aliphatic heterocycles. The number of amides is 1. The maximum Gasteiger partial charge on any atom is 0.251 e. The van der Waals surface area contributed by atoms with E-state index in [2.05, 4.69) is 20.3 Å². The predicted octanol–water partition coefficient (Wildman–Crippen LogP) is 1.40. The molecule has 29 heavy (non-hydrogen) atoms. The van der Waals surface area contributed by atoms with Gasteiger partial charge in [0.15, 0.2) is 0 Å². The van der Waals surface area contributed by atoms with E-state index >= 15 is 0 Å². The van der Waals surface area contributed by atoms with E-state index in [1.165, 1.54) is 6.33 Å². The molecular weight excluding hydrogens is 368 g/mol. The van der Waals surface area contributed by atoms with Gasteiger partial charge in [-0.1, -0.05) is 12.1 Å². The largest absolute Gasteiger partial charge is 0.386 e. The lowest BCUT2D eigenvalue weighted by Gasteiger charge is -2.24. The average Bonchev–Trinajstić information content (AvgIpc) is 3.37. The molecule has 1 aliphatic rings. The molecule has 1 fully saturated rings. The summed E-state index contributed by atoms with van der Waals surface area (Å²) in [6.07, 6.45) is 7.45. The number of nitrogens with one attached hydrogen (secondary N) is 1. The number of β-amino-alcohol motifs (C(OH)–C–C–N with tert-alkyl or cyclic N) is 1. The molecule has 4 rings (SSSR count). The van der Waals surface area contributed by atoms with Gasteiger partial charge in [0.1, 0.15) is 17.7 Å². The third kappa shape index (κ3) is 4.60. The molecule has 0 saturated carbocycles. The second-order valence-corrected chi connectivity index (χ2v) is 7.53. The Labute approximate surface area is 169 Å². The van der Waals surface area contributed by atoms with Crippen LogP contribution in [-0.2, 0) is 6.54 Å². The number of anilines is 1. The van der Waals surface area contributed by atoms with Crippen LogP contribution in [0.2, 0.25) is 0 Å². The highest BCUT2D eigenvalue weighted by atomic mass is 16.3. The minimum absolute atomic E-state index is 0.192. The van der Waals surface area contributed by atoms with E-state index in [0.717, 1.165) is 17.1 Å². The van der Waals surface area contributed by atoms with Gasteiger partial charge in [0.05, 0.1) is 6.33 Å². The van der Waals surface area contributed by atoms with Crippen LogP contribution < -0.4 is 10.2 Å².